The van der Waals surface area contributed by atoms with E-state index in [1.54, 1.807) is 0 Å². The quantitative estimate of drug-likeness (QED) is 0.764. The van der Waals surface area contributed by atoms with Crippen molar-refractivity contribution in [3.05, 3.63) is 29.3 Å². The van der Waals surface area contributed by atoms with Gasteiger partial charge in [-0.1, -0.05) is 0 Å². The normalized spacial score (nSPS) is 22.9. The first kappa shape index (κ1) is 9.85. The van der Waals surface area contributed by atoms with Crippen LogP contribution in [0, 0.1) is 0 Å². The lowest BCUT2D eigenvalue weighted by atomic mass is 10.00. The van der Waals surface area contributed by atoms with Gasteiger partial charge in [-0.3, -0.25) is 4.79 Å². The van der Waals surface area contributed by atoms with E-state index in [2.05, 4.69) is 5.32 Å². The molecule has 84 valence electrons. The molecule has 0 spiro atoms. The number of nitrogens with one attached hydrogen (secondary N) is 1. The number of carbonyl (C=O) groups excluding carboxylic acids is 1. The third kappa shape index (κ3) is 1.61. The molecule has 1 unspecified atom stereocenters. The van der Waals surface area contributed by atoms with Crippen molar-refractivity contribution in [3.63, 3.8) is 0 Å². The van der Waals surface area contributed by atoms with Crippen LogP contribution in [0.5, 0.6) is 5.75 Å². The maximum atomic E-state index is 12.1. The van der Waals surface area contributed by atoms with Gasteiger partial charge in [-0.15, -0.1) is 0 Å². The Morgan fingerprint density at radius 3 is 3.19 bits per heavy atom. The molecule has 2 aliphatic heterocycles. The molecule has 0 saturated carbocycles. The van der Waals surface area contributed by atoms with E-state index in [1.165, 1.54) is 5.56 Å². The summed E-state index contributed by atoms with van der Waals surface area (Å²) in [5.74, 6) is 1.17. The van der Waals surface area contributed by atoms with Gasteiger partial charge in [-0.25, -0.2) is 0 Å². The molecule has 0 bridgehead atoms. The van der Waals surface area contributed by atoms with Crippen LogP contribution in [-0.2, 0) is 6.42 Å². The number of benzene rings is 1. The molecular weight excluding hydrogens is 202 g/mol. The fourth-order valence-electron chi connectivity index (χ4n) is 2.45. The van der Waals surface area contributed by atoms with E-state index in [0.29, 0.717) is 0 Å². The lowest BCUT2D eigenvalue weighted by Crippen LogP contribution is -2.30. The highest BCUT2D eigenvalue weighted by Crippen LogP contribution is 2.26. The summed E-state index contributed by atoms with van der Waals surface area (Å²) >= 11 is 0. The zero-order chi connectivity index (χ0) is 11.0. The first-order valence-corrected chi connectivity index (χ1v) is 5.88. The van der Waals surface area contributed by atoms with Crippen LogP contribution in [0.15, 0.2) is 18.2 Å². The number of carbonyl (C=O) groups is 1. The monoisotopic (exact) mass is 217 g/mol. The summed E-state index contributed by atoms with van der Waals surface area (Å²) in [6.45, 7) is 1.71. The van der Waals surface area contributed by atoms with E-state index in [1.807, 2.05) is 18.2 Å². The Balaban J connectivity index is 1.86. The zero-order valence-corrected chi connectivity index (χ0v) is 9.16. The van der Waals surface area contributed by atoms with Gasteiger partial charge in [0.25, 0.3) is 0 Å². The SMILES string of the molecule is O=C(c1ccc2c(c1)CCO2)C1CCCN1. The van der Waals surface area contributed by atoms with Crippen LogP contribution in [0.3, 0.4) is 0 Å². The fraction of sp³-hybridized carbons (Fsp3) is 0.462. The van der Waals surface area contributed by atoms with Gasteiger partial charge in [0.2, 0.25) is 0 Å². The highest BCUT2D eigenvalue weighted by molar-refractivity contribution is 6.00. The third-order valence-electron chi connectivity index (χ3n) is 3.35. The Bertz CT molecular complexity index is 422. The lowest BCUT2D eigenvalue weighted by Gasteiger charge is -2.09. The summed E-state index contributed by atoms with van der Waals surface area (Å²) in [5.41, 5.74) is 1.99. The molecule has 2 aliphatic rings. The standard InChI is InChI=1S/C13H15NO2/c15-13(11-2-1-6-14-11)10-3-4-12-9(8-10)5-7-16-12/h3-4,8,11,14H,1-2,5-7H2. The fourth-order valence-corrected chi connectivity index (χ4v) is 2.45. The van der Waals surface area contributed by atoms with Gasteiger partial charge < -0.3 is 10.1 Å². The molecular formula is C13H15NO2. The van der Waals surface area contributed by atoms with Crippen LogP contribution in [0.1, 0.15) is 28.8 Å². The third-order valence-corrected chi connectivity index (χ3v) is 3.35. The first-order valence-electron chi connectivity index (χ1n) is 5.88. The second-order valence-corrected chi connectivity index (χ2v) is 4.43. The summed E-state index contributed by atoms with van der Waals surface area (Å²) in [6.07, 6.45) is 2.99. The van der Waals surface area contributed by atoms with Crippen LogP contribution < -0.4 is 10.1 Å². The van der Waals surface area contributed by atoms with E-state index < -0.39 is 0 Å². The van der Waals surface area contributed by atoms with E-state index in [9.17, 15) is 4.79 Å². The number of fused-ring (bicyclic) bond motifs is 1. The second-order valence-electron chi connectivity index (χ2n) is 4.43. The Labute approximate surface area is 94.8 Å². The van der Waals surface area contributed by atoms with Crippen molar-refractivity contribution < 1.29 is 9.53 Å². The van der Waals surface area contributed by atoms with Gasteiger partial charge >= 0.3 is 0 Å². The molecule has 3 rings (SSSR count). The molecule has 0 amide bonds. The average molecular weight is 217 g/mol. The van der Waals surface area contributed by atoms with Gasteiger partial charge in [-0.2, -0.15) is 0 Å². The van der Waals surface area contributed by atoms with Crippen molar-refractivity contribution >= 4 is 5.78 Å². The molecule has 1 saturated heterocycles. The topological polar surface area (TPSA) is 38.3 Å². The molecule has 3 heteroatoms. The summed E-state index contributed by atoms with van der Waals surface area (Å²) in [7, 11) is 0. The Morgan fingerprint density at radius 1 is 1.44 bits per heavy atom. The predicted octanol–water partition coefficient (Wildman–Crippen LogP) is 1.56. The molecule has 1 fully saturated rings. The van der Waals surface area contributed by atoms with Gasteiger partial charge in [0.15, 0.2) is 5.78 Å². The summed E-state index contributed by atoms with van der Waals surface area (Å²) in [6, 6.07) is 5.82. The number of rotatable bonds is 2. The van der Waals surface area contributed by atoms with Gasteiger partial charge in [0, 0.05) is 12.0 Å². The molecule has 1 aromatic rings. The molecule has 0 aliphatic carbocycles. The minimum atomic E-state index is 0.0281. The first-order chi connectivity index (χ1) is 7.84. The predicted molar refractivity (Wildman–Crippen MR) is 61.0 cm³/mol. The molecule has 1 atom stereocenters. The second kappa shape index (κ2) is 3.91. The molecule has 16 heavy (non-hydrogen) atoms. The van der Waals surface area contributed by atoms with Crippen molar-refractivity contribution in [2.75, 3.05) is 13.2 Å². The van der Waals surface area contributed by atoms with Crippen LogP contribution in [0.4, 0.5) is 0 Å². The van der Waals surface area contributed by atoms with Crippen molar-refractivity contribution in [1.29, 1.82) is 0 Å². The van der Waals surface area contributed by atoms with Crippen LogP contribution in [0.2, 0.25) is 0 Å². The molecule has 0 aromatic heterocycles. The maximum absolute atomic E-state index is 12.1. The Kier molecular flexibility index (Phi) is 2.40. The van der Waals surface area contributed by atoms with E-state index in [0.717, 1.165) is 43.7 Å². The zero-order valence-electron chi connectivity index (χ0n) is 9.16. The summed E-state index contributed by atoms with van der Waals surface area (Å²) in [5, 5.41) is 3.24. The molecule has 2 heterocycles. The molecule has 0 radical (unpaired) electrons. The van der Waals surface area contributed by atoms with E-state index in [-0.39, 0.29) is 11.8 Å². The molecule has 1 aromatic carbocycles. The number of hydrogen-bond donors (Lipinski definition) is 1. The van der Waals surface area contributed by atoms with Gasteiger partial charge in [0.05, 0.1) is 12.6 Å². The van der Waals surface area contributed by atoms with Gasteiger partial charge in [-0.05, 0) is 43.1 Å². The number of Topliss-reactive ketones (excluding diaryl/α,β-unsaturated/α-hetero) is 1. The summed E-state index contributed by atoms with van der Waals surface area (Å²) in [4.78, 5) is 12.1. The van der Waals surface area contributed by atoms with Crippen molar-refractivity contribution in [3.8, 4) is 5.75 Å². The minimum absolute atomic E-state index is 0.0281. The largest absolute Gasteiger partial charge is 0.493 e. The molecule has 1 N–H and O–H groups in total. The number of hydrogen-bond acceptors (Lipinski definition) is 3. The smallest absolute Gasteiger partial charge is 0.179 e. The maximum Gasteiger partial charge on any atom is 0.179 e. The van der Waals surface area contributed by atoms with Crippen LogP contribution >= 0.6 is 0 Å². The van der Waals surface area contributed by atoms with E-state index >= 15 is 0 Å². The lowest BCUT2D eigenvalue weighted by molar-refractivity contribution is 0.0952. The van der Waals surface area contributed by atoms with E-state index in [4.69, 9.17) is 4.74 Å². The van der Waals surface area contributed by atoms with Crippen molar-refractivity contribution in [2.24, 2.45) is 0 Å². The Morgan fingerprint density at radius 2 is 2.38 bits per heavy atom. The minimum Gasteiger partial charge on any atom is -0.493 e. The highest BCUT2D eigenvalue weighted by Gasteiger charge is 2.24. The van der Waals surface area contributed by atoms with Crippen molar-refractivity contribution in [2.45, 2.75) is 25.3 Å². The van der Waals surface area contributed by atoms with Crippen LogP contribution in [0.25, 0.3) is 0 Å². The molecule has 3 nitrogen and oxygen atoms in total. The van der Waals surface area contributed by atoms with Crippen molar-refractivity contribution in [1.82, 2.24) is 5.32 Å². The van der Waals surface area contributed by atoms with Crippen LogP contribution in [-0.4, -0.2) is 25.0 Å². The number of ether oxygens (including phenoxy) is 1. The Hall–Kier alpha value is -1.35. The van der Waals surface area contributed by atoms with Gasteiger partial charge in [0.1, 0.15) is 5.75 Å². The summed E-state index contributed by atoms with van der Waals surface area (Å²) < 4.78 is 5.43. The average Bonchev–Trinajstić information content (AvgIpc) is 2.98. The highest BCUT2D eigenvalue weighted by atomic mass is 16.5. The number of ketones is 1.